The minimum Gasteiger partial charge on any atom is -0.269 e. The number of rotatable bonds is 0. The van der Waals surface area contributed by atoms with E-state index in [0.717, 1.165) is 0 Å². The van der Waals surface area contributed by atoms with Crippen molar-refractivity contribution < 1.29 is 55.7 Å². The van der Waals surface area contributed by atoms with Gasteiger partial charge in [0.05, 0.1) is 0 Å². The zero-order chi connectivity index (χ0) is 0. The Balaban J connectivity index is 0. The average molecular weight is 255 g/mol. The summed E-state index contributed by atoms with van der Waals surface area (Å²) in [5.74, 6) is 0. The Bertz CT molecular complexity index is 3.61. The second-order valence-corrected chi connectivity index (χ2v) is 0. The summed E-state index contributed by atoms with van der Waals surface area (Å²) < 4.78 is 0. The van der Waals surface area contributed by atoms with Crippen molar-refractivity contribution in [1.29, 1.82) is 0 Å². The second-order valence-electron chi connectivity index (χ2n) is 0. The van der Waals surface area contributed by atoms with Gasteiger partial charge in [-0.25, -0.2) is 0 Å². The van der Waals surface area contributed by atoms with E-state index in [4.69, 9.17) is 0 Å². The van der Waals surface area contributed by atoms with Gasteiger partial charge in [-0.2, -0.15) is 0 Å². The summed E-state index contributed by atoms with van der Waals surface area (Å²) in [6.07, 6.45) is 0. The SMILES string of the molecule is F.F.F.F.[Lu]. The number of hydrogen-bond donors (Lipinski definition) is 0. The van der Waals surface area contributed by atoms with E-state index in [1.165, 1.54) is 0 Å². The van der Waals surface area contributed by atoms with Crippen LogP contribution in [-0.2, 0) is 0 Å². The van der Waals surface area contributed by atoms with E-state index in [9.17, 15) is 0 Å². The van der Waals surface area contributed by atoms with E-state index >= 15 is 0 Å². The van der Waals surface area contributed by atoms with Gasteiger partial charge in [0, 0.05) is 36.9 Å². The van der Waals surface area contributed by atoms with Crippen LogP contribution in [0.1, 0.15) is 0 Å². The number of halogens is 4. The van der Waals surface area contributed by atoms with Gasteiger partial charge in [-0.1, -0.05) is 0 Å². The topological polar surface area (TPSA) is 0 Å². The normalized spacial score (nSPS) is 0. The van der Waals surface area contributed by atoms with Crippen LogP contribution in [0.3, 0.4) is 0 Å². The molecule has 0 aromatic heterocycles. The van der Waals surface area contributed by atoms with Crippen LogP contribution in [0.25, 0.3) is 0 Å². The maximum Gasteiger partial charge on any atom is 0 e. The Morgan fingerprint density at radius 2 is 0.400 bits per heavy atom. The summed E-state index contributed by atoms with van der Waals surface area (Å²) in [6, 6.07) is 0. The van der Waals surface area contributed by atoms with Crippen molar-refractivity contribution in [3.8, 4) is 0 Å². The molecule has 0 amide bonds. The molecule has 0 rings (SSSR count). The van der Waals surface area contributed by atoms with Gasteiger partial charge in [0.15, 0.2) is 0 Å². The first-order valence-electron chi connectivity index (χ1n) is 0. The van der Waals surface area contributed by atoms with Crippen molar-refractivity contribution in [1.82, 2.24) is 0 Å². The zero-order valence-corrected chi connectivity index (χ0v) is 3.55. The van der Waals surface area contributed by atoms with E-state index in [2.05, 4.69) is 0 Å². The predicted molar refractivity (Wildman–Crippen MR) is 10.0 cm³/mol. The quantitative estimate of drug-likeness (QED) is 0.556. The van der Waals surface area contributed by atoms with Gasteiger partial charge in [0.2, 0.25) is 0 Å². The Hall–Kier alpha value is 0.954. The molecule has 0 N–H and O–H groups in total. The fourth-order valence-corrected chi connectivity index (χ4v) is 0. The molecular weight excluding hydrogens is 251 g/mol. The molecule has 0 bridgehead atoms. The summed E-state index contributed by atoms with van der Waals surface area (Å²) in [7, 11) is 0. The van der Waals surface area contributed by atoms with E-state index in [-0.39, 0.29) is 55.7 Å². The van der Waals surface area contributed by atoms with Crippen LogP contribution < -0.4 is 0 Å². The minimum atomic E-state index is 0. The number of hydrogen-bond acceptors (Lipinski definition) is 0. The summed E-state index contributed by atoms with van der Waals surface area (Å²) in [6.45, 7) is 0. The van der Waals surface area contributed by atoms with Crippen molar-refractivity contribution >= 4 is 0 Å². The van der Waals surface area contributed by atoms with Crippen LogP contribution in [0.4, 0.5) is 18.8 Å². The Morgan fingerprint density at radius 3 is 0.400 bits per heavy atom. The fraction of sp³-hybridized carbons (Fsp3) is 0. The third kappa shape index (κ3) is 47.5. The maximum absolute atomic E-state index is 0. The third-order valence-corrected chi connectivity index (χ3v) is 0. The minimum absolute atomic E-state index is 0. The molecule has 5 heteroatoms. The first-order valence-corrected chi connectivity index (χ1v) is 0. The predicted octanol–water partition coefficient (Wildman–Crippen LogP) is 0.610. The molecule has 0 spiro atoms. The standard InChI is InChI=1S/4FH.Lu/h4*1H;. The molecule has 0 aliphatic rings. The van der Waals surface area contributed by atoms with E-state index in [1.807, 2.05) is 0 Å². The van der Waals surface area contributed by atoms with Gasteiger partial charge in [0.1, 0.15) is 0 Å². The van der Waals surface area contributed by atoms with Crippen LogP contribution in [0.15, 0.2) is 0 Å². The van der Waals surface area contributed by atoms with Gasteiger partial charge in [-0.15, -0.1) is 0 Å². The molecule has 0 aliphatic carbocycles. The molecule has 47 valence electrons. The first-order chi connectivity index (χ1) is 0. The van der Waals surface area contributed by atoms with Gasteiger partial charge in [0.25, 0.3) is 0 Å². The maximum atomic E-state index is 0. The largest absolute Gasteiger partial charge is 0.269 e. The molecule has 0 aromatic carbocycles. The van der Waals surface area contributed by atoms with Crippen LogP contribution in [0.2, 0.25) is 0 Å². The van der Waals surface area contributed by atoms with Crippen molar-refractivity contribution in [2.24, 2.45) is 0 Å². The molecule has 0 unspecified atom stereocenters. The third-order valence-electron chi connectivity index (χ3n) is 0. The molecule has 0 nitrogen and oxygen atoms in total. The molecule has 0 aromatic rings. The van der Waals surface area contributed by atoms with E-state index in [1.54, 1.807) is 0 Å². The van der Waals surface area contributed by atoms with Crippen LogP contribution in [0, 0.1) is 36.9 Å². The summed E-state index contributed by atoms with van der Waals surface area (Å²) >= 11 is 0. The second kappa shape index (κ2) is 85.1. The Kier molecular flexibility index (Phi) is 2730. The van der Waals surface area contributed by atoms with Crippen molar-refractivity contribution in [3.63, 3.8) is 0 Å². The Labute approximate surface area is 55.6 Å². The van der Waals surface area contributed by atoms with E-state index < -0.39 is 0 Å². The van der Waals surface area contributed by atoms with Crippen molar-refractivity contribution in [3.05, 3.63) is 0 Å². The molecule has 0 fully saturated rings. The van der Waals surface area contributed by atoms with Crippen molar-refractivity contribution in [2.45, 2.75) is 0 Å². The van der Waals surface area contributed by atoms with Gasteiger partial charge < -0.3 is 0 Å². The van der Waals surface area contributed by atoms with Crippen LogP contribution in [-0.4, -0.2) is 0 Å². The van der Waals surface area contributed by atoms with Gasteiger partial charge in [-0.3, -0.25) is 18.8 Å². The average Bonchev–Trinajstić information content (AvgIpc) is 0. The molecule has 0 saturated heterocycles. The molecule has 0 aliphatic heterocycles. The molecule has 5 heavy (non-hydrogen) atoms. The monoisotopic (exact) mass is 255 g/mol. The summed E-state index contributed by atoms with van der Waals surface area (Å²) in [5, 5.41) is 0. The Morgan fingerprint density at radius 1 is 0.400 bits per heavy atom. The van der Waals surface area contributed by atoms with Crippen molar-refractivity contribution in [2.75, 3.05) is 0 Å². The van der Waals surface area contributed by atoms with Gasteiger partial charge in [-0.05, 0) is 0 Å². The zero-order valence-electron chi connectivity index (χ0n) is 1.89. The first kappa shape index (κ1) is 161. The van der Waals surface area contributed by atoms with Gasteiger partial charge >= 0.3 is 0 Å². The van der Waals surface area contributed by atoms with E-state index in [0.29, 0.717) is 0 Å². The molecule has 0 saturated carbocycles. The summed E-state index contributed by atoms with van der Waals surface area (Å²) in [5.41, 5.74) is 0. The van der Waals surface area contributed by atoms with Crippen LogP contribution >= 0.6 is 0 Å². The molecule has 1 radical (unpaired) electrons. The molecule has 0 heterocycles. The fourth-order valence-electron chi connectivity index (χ4n) is 0. The van der Waals surface area contributed by atoms with Crippen LogP contribution in [0.5, 0.6) is 0 Å². The molecule has 0 atom stereocenters. The molecular formula is H4F4Lu. The smallest absolute Gasteiger partial charge is 0 e. The summed E-state index contributed by atoms with van der Waals surface area (Å²) in [4.78, 5) is 0.